The highest BCUT2D eigenvalue weighted by atomic mass is 16.4. The quantitative estimate of drug-likeness (QED) is 0.145. The summed E-state index contributed by atoms with van der Waals surface area (Å²) in [4.78, 5) is 57.4. The normalized spacial score (nSPS) is 13.8. The molecule has 0 aromatic heterocycles. The van der Waals surface area contributed by atoms with Gasteiger partial charge in [0.2, 0.25) is 17.7 Å². The third-order valence-electron chi connectivity index (χ3n) is 3.89. The molecule has 0 saturated carbocycles. The number of carbonyl (C=O) groups excluding carboxylic acids is 3. The lowest BCUT2D eigenvalue weighted by atomic mass is 10.1. The van der Waals surface area contributed by atoms with Gasteiger partial charge in [-0.25, -0.2) is 0 Å². The highest BCUT2D eigenvalue weighted by molar-refractivity contribution is 5.93. The van der Waals surface area contributed by atoms with Crippen LogP contribution in [0.15, 0.2) is 0 Å². The molecule has 28 heavy (non-hydrogen) atoms. The van der Waals surface area contributed by atoms with Gasteiger partial charge in [-0.1, -0.05) is 0 Å². The van der Waals surface area contributed by atoms with Gasteiger partial charge in [0.05, 0.1) is 6.04 Å². The van der Waals surface area contributed by atoms with Crippen molar-refractivity contribution < 1.29 is 34.2 Å². The van der Waals surface area contributed by atoms with Gasteiger partial charge in [-0.3, -0.25) is 24.0 Å². The molecule has 0 aliphatic rings. The molecule has 0 heterocycles. The number of nitrogens with one attached hydrogen (secondary N) is 2. The van der Waals surface area contributed by atoms with Crippen LogP contribution in [0.1, 0.15) is 44.9 Å². The third kappa shape index (κ3) is 11.1. The number of carbonyl (C=O) groups is 5. The zero-order chi connectivity index (χ0) is 21.7. The fraction of sp³-hybridized carbons (Fsp3) is 0.688. The summed E-state index contributed by atoms with van der Waals surface area (Å²) in [6, 6.07) is -3.45. The topological polar surface area (TPSA) is 228 Å². The standard InChI is InChI=1S/C16H29N5O7/c17-8-2-1-3-10(14(19)26)20-16(28)11(5-7-13(24)25)21-15(27)9(18)4-6-12(22)23/h9-11H,1-8,17-18H2,(H2,19,26)(H,20,28)(H,21,27)(H,22,23)(H,24,25). The summed E-state index contributed by atoms with van der Waals surface area (Å²) in [7, 11) is 0. The molecule has 160 valence electrons. The van der Waals surface area contributed by atoms with Crippen LogP contribution in [0.5, 0.6) is 0 Å². The number of hydrogen-bond acceptors (Lipinski definition) is 7. The van der Waals surface area contributed by atoms with Gasteiger partial charge < -0.3 is 38.0 Å². The van der Waals surface area contributed by atoms with Crippen molar-refractivity contribution in [3.63, 3.8) is 0 Å². The summed E-state index contributed by atoms with van der Waals surface area (Å²) in [6.45, 7) is 0.408. The van der Waals surface area contributed by atoms with Crippen molar-refractivity contribution in [1.29, 1.82) is 0 Å². The largest absolute Gasteiger partial charge is 0.481 e. The van der Waals surface area contributed by atoms with Crippen molar-refractivity contribution in [1.82, 2.24) is 10.6 Å². The zero-order valence-electron chi connectivity index (χ0n) is 15.6. The van der Waals surface area contributed by atoms with Crippen LogP contribution in [0.2, 0.25) is 0 Å². The van der Waals surface area contributed by atoms with E-state index in [4.69, 9.17) is 27.4 Å². The van der Waals surface area contributed by atoms with Crippen LogP contribution in [0, 0.1) is 0 Å². The Bertz CT molecular complexity index is 570. The molecule has 0 bridgehead atoms. The van der Waals surface area contributed by atoms with Crippen LogP contribution in [0.3, 0.4) is 0 Å². The lowest BCUT2D eigenvalue weighted by Gasteiger charge is -2.23. The molecular weight excluding hydrogens is 374 g/mol. The van der Waals surface area contributed by atoms with Crippen molar-refractivity contribution in [3.8, 4) is 0 Å². The first-order valence-electron chi connectivity index (χ1n) is 8.87. The first-order chi connectivity index (χ1) is 13.1. The third-order valence-corrected chi connectivity index (χ3v) is 3.89. The van der Waals surface area contributed by atoms with Crippen LogP contribution in [-0.2, 0) is 24.0 Å². The Morgan fingerprint density at radius 3 is 1.82 bits per heavy atom. The molecular formula is C16H29N5O7. The predicted molar refractivity (Wildman–Crippen MR) is 97.7 cm³/mol. The minimum absolute atomic E-state index is 0.155. The molecule has 3 unspecified atom stereocenters. The number of carboxylic acids is 2. The maximum Gasteiger partial charge on any atom is 0.303 e. The fourth-order valence-electron chi connectivity index (χ4n) is 2.28. The van der Waals surface area contributed by atoms with Gasteiger partial charge in [0, 0.05) is 12.8 Å². The summed E-state index contributed by atoms with van der Waals surface area (Å²) in [5.74, 6) is -4.67. The van der Waals surface area contributed by atoms with E-state index in [1.807, 2.05) is 0 Å². The molecule has 0 aromatic rings. The van der Waals surface area contributed by atoms with Crippen LogP contribution in [-0.4, -0.2) is 64.5 Å². The number of unbranched alkanes of at least 4 members (excludes halogenated alkanes) is 1. The number of amides is 3. The second-order valence-electron chi connectivity index (χ2n) is 6.28. The number of nitrogens with two attached hydrogens (primary N) is 3. The van der Waals surface area contributed by atoms with E-state index in [0.717, 1.165) is 0 Å². The van der Waals surface area contributed by atoms with Gasteiger partial charge in [-0.05, 0) is 38.6 Å². The minimum Gasteiger partial charge on any atom is -0.481 e. The molecule has 3 amide bonds. The van der Waals surface area contributed by atoms with Gasteiger partial charge >= 0.3 is 11.9 Å². The maximum absolute atomic E-state index is 12.4. The highest BCUT2D eigenvalue weighted by Crippen LogP contribution is 2.05. The van der Waals surface area contributed by atoms with Gasteiger partial charge in [-0.15, -0.1) is 0 Å². The Morgan fingerprint density at radius 1 is 0.786 bits per heavy atom. The van der Waals surface area contributed by atoms with E-state index in [1.165, 1.54) is 0 Å². The van der Waals surface area contributed by atoms with Gasteiger partial charge in [0.15, 0.2) is 0 Å². The molecule has 0 aliphatic heterocycles. The van der Waals surface area contributed by atoms with Crippen molar-refractivity contribution >= 4 is 29.7 Å². The Morgan fingerprint density at radius 2 is 1.32 bits per heavy atom. The number of aliphatic carboxylic acids is 2. The lowest BCUT2D eigenvalue weighted by Crippen LogP contribution is -2.55. The second-order valence-corrected chi connectivity index (χ2v) is 6.28. The number of rotatable bonds is 15. The summed E-state index contributed by atoms with van der Waals surface area (Å²) in [5, 5.41) is 22.2. The van der Waals surface area contributed by atoms with Crippen molar-refractivity contribution in [2.45, 2.75) is 63.1 Å². The number of carboxylic acid groups (broad SMARTS) is 2. The van der Waals surface area contributed by atoms with Crippen molar-refractivity contribution in [3.05, 3.63) is 0 Å². The van der Waals surface area contributed by atoms with E-state index in [1.54, 1.807) is 0 Å². The molecule has 0 aromatic carbocycles. The second kappa shape index (κ2) is 13.4. The Kier molecular flexibility index (Phi) is 12.1. The molecule has 12 heteroatoms. The van der Waals surface area contributed by atoms with Crippen LogP contribution in [0.4, 0.5) is 0 Å². The SMILES string of the molecule is NCCCCC(NC(=O)C(CCC(=O)O)NC(=O)C(N)CCC(=O)O)C(N)=O. The zero-order valence-corrected chi connectivity index (χ0v) is 15.6. The summed E-state index contributed by atoms with van der Waals surface area (Å²) in [5.41, 5.74) is 16.2. The number of hydrogen-bond donors (Lipinski definition) is 7. The molecule has 10 N–H and O–H groups in total. The number of primary amides is 1. The van der Waals surface area contributed by atoms with Crippen molar-refractivity contribution in [2.75, 3.05) is 6.54 Å². The molecule has 0 fully saturated rings. The van der Waals surface area contributed by atoms with E-state index >= 15 is 0 Å². The average molecular weight is 403 g/mol. The molecule has 0 radical (unpaired) electrons. The summed E-state index contributed by atoms with van der Waals surface area (Å²) >= 11 is 0. The Balaban J connectivity index is 5.01. The van der Waals surface area contributed by atoms with Crippen LogP contribution >= 0.6 is 0 Å². The predicted octanol–water partition coefficient (Wildman–Crippen LogP) is -2.37. The van der Waals surface area contributed by atoms with E-state index in [2.05, 4.69) is 10.6 Å². The molecule has 0 spiro atoms. The first-order valence-corrected chi connectivity index (χ1v) is 8.87. The van der Waals surface area contributed by atoms with Gasteiger partial charge in [0.1, 0.15) is 12.1 Å². The molecule has 0 saturated heterocycles. The van der Waals surface area contributed by atoms with Gasteiger partial charge in [-0.2, -0.15) is 0 Å². The van der Waals surface area contributed by atoms with Crippen molar-refractivity contribution in [2.24, 2.45) is 17.2 Å². The Hall–Kier alpha value is -2.73. The van der Waals surface area contributed by atoms with Crippen LogP contribution < -0.4 is 27.8 Å². The lowest BCUT2D eigenvalue weighted by molar-refractivity contribution is -0.139. The first kappa shape index (κ1) is 25.3. The smallest absolute Gasteiger partial charge is 0.303 e. The van der Waals surface area contributed by atoms with E-state index in [0.29, 0.717) is 19.4 Å². The average Bonchev–Trinajstić information content (AvgIpc) is 2.61. The highest BCUT2D eigenvalue weighted by Gasteiger charge is 2.27. The van der Waals surface area contributed by atoms with Crippen LogP contribution in [0.25, 0.3) is 0 Å². The maximum atomic E-state index is 12.4. The molecule has 3 atom stereocenters. The Labute approximate surface area is 162 Å². The molecule has 0 aliphatic carbocycles. The fourth-order valence-corrected chi connectivity index (χ4v) is 2.28. The monoisotopic (exact) mass is 403 g/mol. The summed E-state index contributed by atoms with van der Waals surface area (Å²) in [6.07, 6.45) is 0.247. The van der Waals surface area contributed by atoms with Gasteiger partial charge in [0.25, 0.3) is 0 Å². The molecule has 12 nitrogen and oxygen atoms in total. The van der Waals surface area contributed by atoms with E-state index < -0.39 is 54.2 Å². The van der Waals surface area contributed by atoms with E-state index in [9.17, 15) is 24.0 Å². The van der Waals surface area contributed by atoms with E-state index in [-0.39, 0.29) is 25.7 Å². The minimum atomic E-state index is -1.27. The summed E-state index contributed by atoms with van der Waals surface area (Å²) < 4.78 is 0. The molecule has 0 rings (SSSR count).